The monoisotopic (exact) mass is 288 g/mol. The van der Waals surface area contributed by atoms with Gasteiger partial charge in [0.15, 0.2) is 5.78 Å². The van der Waals surface area contributed by atoms with Crippen LogP contribution in [-0.4, -0.2) is 31.2 Å². The lowest BCUT2D eigenvalue weighted by Crippen LogP contribution is -2.33. The zero-order valence-electron chi connectivity index (χ0n) is 11.9. The van der Waals surface area contributed by atoms with Gasteiger partial charge in [0.05, 0.1) is 17.9 Å². The fraction of sp³-hybridized carbons (Fsp3) is 0.267. The minimum absolute atomic E-state index is 0.0163. The Labute approximate surface area is 122 Å². The fourth-order valence-electron chi connectivity index (χ4n) is 2.30. The van der Waals surface area contributed by atoms with E-state index < -0.39 is 11.7 Å². The van der Waals surface area contributed by atoms with Gasteiger partial charge in [-0.2, -0.15) is 0 Å². The maximum absolute atomic E-state index is 12.6. The molecule has 6 nitrogen and oxygen atoms in total. The number of nitrogen functional groups attached to an aromatic ring is 1. The van der Waals surface area contributed by atoms with Gasteiger partial charge in [-0.15, -0.1) is 0 Å². The van der Waals surface area contributed by atoms with Gasteiger partial charge in [-0.1, -0.05) is 12.1 Å². The maximum Gasteiger partial charge on any atom is 0.221 e. The van der Waals surface area contributed by atoms with E-state index in [-0.39, 0.29) is 46.9 Å². The minimum Gasteiger partial charge on any atom is -0.398 e. The lowest BCUT2D eigenvalue weighted by atomic mass is 9.85. The van der Waals surface area contributed by atoms with Crippen molar-refractivity contribution in [3.63, 3.8) is 0 Å². The van der Waals surface area contributed by atoms with Crippen LogP contribution in [0, 0.1) is 0 Å². The summed E-state index contributed by atoms with van der Waals surface area (Å²) in [5.41, 5.74) is 6.72. The van der Waals surface area contributed by atoms with Gasteiger partial charge >= 0.3 is 0 Å². The van der Waals surface area contributed by atoms with Gasteiger partial charge in [-0.05, 0) is 6.07 Å². The van der Waals surface area contributed by atoms with Crippen LogP contribution in [0.4, 0.5) is 5.69 Å². The van der Waals surface area contributed by atoms with Gasteiger partial charge in [0, 0.05) is 37.3 Å². The van der Waals surface area contributed by atoms with E-state index in [4.69, 9.17) is 10.5 Å². The largest absolute Gasteiger partial charge is 0.398 e. The van der Waals surface area contributed by atoms with E-state index >= 15 is 0 Å². The molecule has 1 aliphatic rings. The van der Waals surface area contributed by atoms with Gasteiger partial charge in [0.2, 0.25) is 11.7 Å². The Morgan fingerprint density at radius 1 is 1.29 bits per heavy atom. The number of nitrogens with one attached hydrogen (secondary N) is 1. The highest BCUT2D eigenvalue weighted by Gasteiger charge is 2.33. The number of allylic oxidation sites excluding steroid dienone is 1. The van der Waals surface area contributed by atoms with Crippen molar-refractivity contribution in [3.05, 3.63) is 40.6 Å². The van der Waals surface area contributed by atoms with E-state index in [2.05, 4.69) is 5.32 Å². The maximum atomic E-state index is 12.6. The first kappa shape index (κ1) is 14.9. The lowest BCUT2D eigenvalue weighted by molar-refractivity contribution is -0.118. The highest BCUT2D eigenvalue weighted by molar-refractivity contribution is 6.29. The number of hydrogen-bond acceptors (Lipinski definition) is 5. The number of benzene rings is 1. The Kier molecular flexibility index (Phi) is 4.18. The summed E-state index contributed by atoms with van der Waals surface area (Å²) in [5.74, 6) is -1.16. The number of carbonyl (C=O) groups excluding carboxylic acids is 3. The molecule has 0 spiro atoms. The van der Waals surface area contributed by atoms with Crippen LogP contribution < -0.4 is 11.1 Å². The van der Waals surface area contributed by atoms with Crippen molar-refractivity contribution >= 4 is 23.2 Å². The van der Waals surface area contributed by atoms with Crippen molar-refractivity contribution in [1.29, 1.82) is 0 Å². The first-order valence-electron chi connectivity index (χ1n) is 6.45. The molecular formula is C15H16N2O4. The molecule has 0 saturated carbocycles. The summed E-state index contributed by atoms with van der Waals surface area (Å²) in [6, 6.07) is 4.70. The molecule has 0 fully saturated rings. The molecule has 3 N–H and O–H groups in total. The van der Waals surface area contributed by atoms with Crippen molar-refractivity contribution in [2.24, 2.45) is 0 Å². The third-order valence-electron chi connectivity index (χ3n) is 3.23. The van der Waals surface area contributed by atoms with Crippen molar-refractivity contribution < 1.29 is 19.1 Å². The number of ketones is 2. The van der Waals surface area contributed by atoms with Crippen LogP contribution >= 0.6 is 0 Å². The molecule has 0 aromatic heterocycles. The molecule has 0 aliphatic heterocycles. The predicted octanol–water partition coefficient (Wildman–Crippen LogP) is 1.07. The molecule has 0 heterocycles. The number of amides is 1. The van der Waals surface area contributed by atoms with E-state index in [1.54, 1.807) is 12.1 Å². The second-order valence-electron chi connectivity index (χ2n) is 4.71. The Balaban J connectivity index is 2.58. The summed E-state index contributed by atoms with van der Waals surface area (Å²) in [5, 5.41) is 2.46. The van der Waals surface area contributed by atoms with Gasteiger partial charge < -0.3 is 15.8 Å². The third kappa shape index (κ3) is 2.71. The number of anilines is 1. The molecular weight excluding hydrogens is 272 g/mol. The smallest absolute Gasteiger partial charge is 0.221 e. The van der Waals surface area contributed by atoms with Gasteiger partial charge in [0.25, 0.3) is 0 Å². The number of methoxy groups -OCH3 is 1. The average molecular weight is 288 g/mol. The van der Waals surface area contributed by atoms with Gasteiger partial charge in [-0.3, -0.25) is 14.4 Å². The predicted molar refractivity (Wildman–Crippen MR) is 76.9 cm³/mol. The van der Waals surface area contributed by atoms with Crippen molar-refractivity contribution in [2.75, 3.05) is 19.5 Å². The van der Waals surface area contributed by atoms with Crippen molar-refractivity contribution in [1.82, 2.24) is 5.32 Å². The van der Waals surface area contributed by atoms with Crippen LogP contribution in [0.2, 0.25) is 0 Å². The summed E-state index contributed by atoms with van der Waals surface area (Å²) < 4.78 is 4.96. The van der Waals surface area contributed by atoms with Crippen LogP contribution in [-0.2, 0) is 9.53 Å². The third-order valence-corrected chi connectivity index (χ3v) is 3.23. The second-order valence-corrected chi connectivity index (χ2v) is 4.71. The van der Waals surface area contributed by atoms with E-state index in [1.807, 2.05) is 0 Å². The Morgan fingerprint density at radius 3 is 2.62 bits per heavy atom. The SMILES string of the molecule is COCCC1=C(NC(C)=O)C(=O)c2cccc(N)c2C1=O. The van der Waals surface area contributed by atoms with E-state index in [0.717, 1.165) is 0 Å². The van der Waals surface area contributed by atoms with Gasteiger partial charge in [-0.25, -0.2) is 0 Å². The normalized spacial score (nSPS) is 14.2. The van der Waals surface area contributed by atoms with E-state index in [0.29, 0.717) is 0 Å². The summed E-state index contributed by atoms with van der Waals surface area (Å²) in [7, 11) is 1.50. The molecule has 1 aromatic rings. The molecule has 2 rings (SSSR count). The number of rotatable bonds is 4. The van der Waals surface area contributed by atoms with Crippen LogP contribution in [0.1, 0.15) is 34.1 Å². The number of hydrogen-bond donors (Lipinski definition) is 2. The number of ether oxygens (including phenoxy) is 1. The lowest BCUT2D eigenvalue weighted by Gasteiger charge is -2.22. The highest BCUT2D eigenvalue weighted by atomic mass is 16.5. The minimum atomic E-state index is -0.409. The standard InChI is InChI=1S/C15H16N2O4/c1-8(18)17-13-10(6-7-21-2)14(19)12-9(15(13)20)4-3-5-11(12)16/h3-5H,6-7,16H2,1-2H3,(H,17,18). The molecule has 1 aliphatic carbocycles. The molecule has 0 unspecified atom stereocenters. The quantitative estimate of drug-likeness (QED) is 0.808. The number of nitrogens with two attached hydrogens (primary N) is 1. The molecule has 0 atom stereocenters. The van der Waals surface area contributed by atoms with Gasteiger partial charge in [0.1, 0.15) is 0 Å². The zero-order chi connectivity index (χ0) is 15.6. The number of carbonyl (C=O) groups is 3. The summed E-state index contributed by atoms with van der Waals surface area (Å²) in [6.45, 7) is 1.55. The van der Waals surface area contributed by atoms with Crippen LogP contribution in [0.5, 0.6) is 0 Å². The number of fused-ring (bicyclic) bond motifs is 1. The Morgan fingerprint density at radius 2 is 2.00 bits per heavy atom. The first-order chi connectivity index (χ1) is 9.97. The zero-order valence-corrected chi connectivity index (χ0v) is 11.9. The summed E-state index contributed by atoms with van der Waals surface area (Å²) in [6.07, 6.45) is 0.227. The molecule has 21 heavy (non-hydrogen) atoms. The molecule has 1 aromatic carbocycles. The Hall–Kier alpha value is -2.47. The van der Waals surface area contributed by atoms with Crippen molar-refractivity contribution in [2.45, 2.75) is 13.3 Å². The molecule has 6 heteroatoms. The molecule has 0 radical (unpaired) electrons. The first-order valence-corrected chi connectivity index (χ1v) is 6.45. The second kappa shape index (κ2) is 5.88. The Bertz CT molecular complexity index is 662. The van der Waals surface area contributed by atoms with Crippen LogP contribution in [0.15, 0.2) is 29.5 Å². The van der Waals surface area contributed by atoms with Crippen LogP contribution in [0.25, 0.3) is 0 Å². The summed E-state index contributed by atoms with van der Waals surface area (Å²) >= 11 is 0. The summed E-state index contributed by atoms with van der Waals surface area (Å²) in [4.78, 5) is 36.4. The average Bonchev–Trinajstić information content (AvgIpc) is 2.43. The molecule has 0 saturated heterocycles. The fourth-order valence-corrected chi connectivity index (χ4v) is 2.30. The molecule has 0 bridgehead atoms. The number of Topliss-reactive ketones (excluding diaryl/α,β-unsaturated/α-hetero) is 2. The molecule has 110 valence electrons. The molecule has 1 amide bonds. The van der Waals surface area contributed by atoms with Crippen LogP contribution in [0.3, 0.4) is 0 Å². The van der Waals surface area contributed by atoms with E-state index in [1.165, 1.54) is 20.1 Å². The van der Waals surface area contributed by atoms with Crippen molar-refractivity contribution in [3.8, 4) is 0 Å². The highest BCUT2D eigenvalue weighted by Crippen LogP contribution is 2.30. The topological polar surface area (TPSA) is 98.5 Å². The van der Waals surface area contributed by atoms with E-state index in [9.17, 15) is 14.4 Å².